The van der Waals surface area contributed by atoms with Crippen LogP contribution in [0.2, 0.25) is 0 Å². The lowest BCUT2D eigenvalue weighted by molar-refractivity contribution is -0.125. The Hall–Kier alpha value is -1.03. The maximum atomic E-state index is 11.7. The number of ketones is 2. The van der Waals surface area contributed by atoms with E-state index in [1.54, 1.807) is 13.8 Å². The van der Waals surface area contributed by atoms with Gasteiger partial charge in [-0.25, -0.2) is 0 Å². The van der Waals surface area contributed by atoms with E-state index >= 15 is 0 Å². The number of hydrogen-bond donors (Lipinski definition) is 1. The zero-order valence-corrected chi connectivity index (χ0v) is 13.2. The number of rotatable bonds is 11. The van der Waals surface area contributed by atoms with Gasteiger partial charge < -0.3 is 9.90 Å². The van der Waals surface area contributed by atoms with Crippen LogP contribution in [0.3, 0.4) is 0 Å². The van der Waals surface area contributed by atoms with E-state index in [4.69, 9.17) is 5.11 Å². The number of aldehydes is 1. The van der Waals surface area contributed by atoms with Crippen LogP contribution in [0.25, 0.3) is 0 Å². The van der Waals surface area contributed by atoms with Gasteiger partial charge in [0.05, 0.1) is 0 Å². The molecule has 116 valence electrons. The van der Waals surface area contributed by atoms with E-state index in [1.807, 2.05) is 13.8 Å². The average molecular weight is 284 g/mol. The Morgan fingerprint density at radius 1 is 0.900 bits per heavy atom. The van der Waals surface area contributed by atoms with Crippen molar-refractivity contribution < 1.29 is 19.5 Å². The van der Waals surface area contributed by atoms with Crippen molar-refractivity contribution in [1.82, 2.24) is 0 Å². The highest BCUT2D eigenvalue weighted by Crippen LogP contribution is 2.22. The van der Waals surface area contributed by atoms with Crippen LogP contribution in [0.15, 0.2) is 0 Å². The lowest BCUT2D eigenvalue weighted by atomic mass is 9.86. The van der Waals surface area contributed by atoms with E-state index in [2.05, 4.69) is 0 Å². The molecule has 0 atom stereocenters. The van der Waals surface area contributed by atoms with Crippen molar-refractivity contribution in [2.75, 3.05) is 6.61 Å². The van der Waals surface area contributed by atoms with Gasteiger partial charge in [-0.3, -0.25) is 9.59 Å². The van der Waals surface area contributed by atoms with Gasteiger partial charge in [0.25, 0.3) is 0 Å². The van der Waals surface area contributed by atoms with Gasteiger partial charge in [-0.1, -0.05) is 27.7 Å². The Balaban J connectivity index is 3.90. The Kier molecular flexibility index (Phi) is 7.87. The van der Waals surface area contributed by atoms with Crippen molar-refractivity contribution in [3.05, 3.63) is 0 Å². The van der Waals surface area contributed by atoms with Crippen LogP contribution >= 0.6 is 0 Å². The summed E-state index contributed by atoms with van der Waals surface area (Å²) in [6.45, 7) is 7.48. The summed E-state index contributed by atoms with van der Waals surface area (Å²) < 4.78 is 0. The molecule has 0 unspecified atom stereocenters. The molecule has 0 aromatic heterocycles. The molecule has 0 spiro atoms. The van der Waals surface area contributed by atoms with Gasteiger partial charge in [-0.05, 0) is 18.3 Å². The van der Waals surface area contributed by atoms with Crippen molar-refractivity contribution >= 4 is 17.9 Å². The van der Waals surface area contributed by atoms with Gasteiger partial charge in [-0.2, -0.15) is 0 Å². The highest BCUT2D eigenvalue weighted by atomic mass is 16.3. The molecule has 0 amide bonds. The first-order valence-corrected chi connectivity index (χ1v) is 7.22. The fourth-order valence-electron chi connectivity index (χ4n) is 1.61. The first-order chi connectivity index (χ1) is 9.12. The molecule has 0 aliphatic rings. The van der Waals surface area contributed by atoms with E-state index in [1.165, 1.54) is 0 Å². The monoisotopic (exact) mass is 284 g/mol. The fourth-order valence-corrected chi connectivity index (χ4v) is 1.61. The number of carbonyl (C=O) groups is 3. The smallest absolute Gasteiger partial charge is 0.133 e. The molecule has 4 nitrogen and oxygen atoms in total. The van der Waals surface area contributed by atoms with Gasteiger partial charge in [0.2, 0.25) is 0 Å². The molecule has 0 aliphatic heterocycles. The molecule has 20 heavy (non-hydrogen) atoms. The van der Waals surface area contributed by atoms with Gasteiger partial charge >= 0.3 is 0 Å². The molecule has 0 saturated heterocycles. The third-order valence-corrected chi connectivity index (χ3v) is 3.56. The normalized spacial score (nSPS) is 12.2. The molecule has 0 aliphatic carbocycles. The topological polar surface area (TPSA) is 71.4 Å². The Bertz CT molecular complexity index is 342. The standard InChI is InChI=1S/C16H28O4/c1-15(2,11-17)9-7-13(19)5-6-14(20)8-10-16(3,4)12-18/h11,18H,5-10,12H2,1-4H3. The Morgan fingerprint density at radius 2 is 1.35 bits per heavy atom. The number of aliphatic hydroxyl groups excluding tert-OH is 1. The minimum atomic E-state index is -0.467. The number of hydrogen-bond acceptors (Lipinski definition) is 4. The van der Waals surface area contributed by atoms with Gasteiger partial charge in [0.1, 0.15) is 17.9 Å². The van der Waals surface area contributed by atoms with Crippen LogP contribution in [0.4, 0.5) is 0 Å². The highest BCUT2D eigenvalue weighted by molar-refractivity contribution is 5.86. The molecule has 0 radical (unpaired) electrons. The lowest BCUT2D eigenvalue weighted by Crippen LogP contribution is -2.18. The van der Waals surface area contributed by atoms with Crippen LogP contribution in [-0.2, 0) is 14.4 Å². The summed E-state index contributed by atoms with van der Waals surface area (Å²) in [5.41, 5.74) is -0.710. The maximum absolute atomic E-state index is 11.7. The van der Waals surface area contributed by atoms with E-state index in [9.17, 15) is 14.4 Å². The largest absolute Gasteiger partial charge is 0.396 e. The Labute approximate surface area is 121 Å². The molecule has 0 bridgehead atoms. The third-order valence-electron chi connectivity index (χ3n) is 3.56. The molecule has 0 rings (SSSR count). The minimum absolute atomic E-state index is 0.0368. The number of Topliss-reactive ketones (excluding diaryl/α,β-unsaturated/α-hetero) is 2. The fraction of sp³-hybridized carbons (Fsp3) is 0.812. The van der Waals surface area contributed by atoms with Crippen molar-refractivity contribution in [2.24, 2.45) is 10.8 Å². The van der Waals surface area contributed by atoms with E-state index in [0.29, 0.717) is 25.7 Å². The first-order valence-electron chi connectivity index (χ1n) is 7.22. The molecule has 0 saturated carbocycles. The SMILES string of the molecule is CC(C)(C=O)CCC(=O)CCC(=O)CCC(C)(C)CO. The van der Waals surface area contributed by atoms with Crippen molar-refractivity contribution in [2.45, 2.75) is 66.2 Å². The van der Waals surface area contributed by atoms with Gasteiger partial charge in [-0.15, -0.1) is 0 Å². The highest BCUT2D eigenvalue weighted by Gasteiger charge is 2.20. The average Bonchev–Trinajstić information content (AvgIpc) is 2.40. The number of aliphatic hydroxyl groups is 1. The molecule has 1 N–H and O–H groups in total. The molecular formula is C16H28O4. The predicted molar refractivity (Wildman–Crippen MR) is 78.4 cm³/mol. The quantitative estimate of drug-likeness (QED) is 0.592. The second kappa shape index (κ2) is 8.30. The van der Waals surface area contributed by atoms with E-state index in [0.717, 1.165) is 6.29 Å². The maximum Gasteiger partial charge on any atom is 0.133 e. The summed E-state index contributed by atoms with van der Waals surface area (Å²) >= 11 is 0. The van der Waals surface area contributed by atoms with Crippen molar-refractivity contribution in [1.29, 1.82) is 0 Å². The summed E-state index contributed by atoms with van der Waals surface area (Å²) in [7, 11) is 0. The Morgan fingerprint density at radius 3 is 1.75 bits per heavy atom. The van der Waals surface area contributed by atoms with Crippen LogP contribution < -0.4 is 0 Å². The van der Waals surface area contributed by atoms with E-state index < -0.39 is 5.41 Å². The van der Waals surface area contributed by atoms with Gasteiger partial charge in [0.15, 0.2) is 0 Å². The van der Waals surface area contributed by atoms with Gasteiger partial charge in [0, 0.05) is 37.7 Å². The molecule has 0 heterocycles. The second-order valence-corrected chi connectivity index (χ2v) is 7.01. The van der Waals surface area contributed by atoms with Crippen LogP contribution in [-0.4, -0.2) is 29.6 Å². The van der Waals surface area contributed by atoms with Crippen LogP contribution in [0.1, 0.15) is 66.2 Å². The van der Waals surface area contributed by atoms with Crippen molar-refractivity contribution in [3.63, 3.8) is 0 Å². The minimum Gasteiger partial charge on any atom is -0.396 e. The zero-order chi connectivity index (χ0) is 15.8. The number of carbonyl (C=O) groups excluding carboxylic acids is 3. The third kappa shape index (κ3) is 8.97. The molecule has 0 aromatic rings. The molecule has 0 fully saturated rings. The second-order valence-electron chi connectivity index (χ2n) is 7.01. The van der Waals surface area contributed by atoms with Crippen molar-refractivity contribution in [3.8, 4) is 0 Å². The molecule has 0 aromatic carbocycles. The van der Waals surface area contributed by atoms with E-state index in [-0.39, 0.29) is 36.4 Å². The molecule has 4 heteroatoms. The summed E-state index contributed by atoms with van der Waals surface area (Å²) in [5, 5.41) is 9.10. The molecular weight excluding hydrogens is 256 g/mol. The predicted octanol–water partition coefficient (Wildman–Crippen LogP) is 2.71. The van der Waals surface area contributed by atoms with Crippen LogP contribution in [0.5, 0.6) is 0 Å². The summed E-state index contributed by atoms with van der Waals surface area (Å²) in [5.74, 6) is 0.101. The lowest BCUT2D eigenvalue weighted by Gasteiger charge is -2.20. The summed E-state index contributed by atoms with van der Waals surface area (Å²) in [6.07, 6.45) is 3.30. The first kappa shape index (κ1) is 19.0. The summed E-state index contributed by atoms with van der Waals surface area (Å²) in [6, 6.07) is 0. The summed E-state index contributed by atoms with van der Waals surface area (Å²) in [4.78, 5) is 34.1. The van der Waals surface area contributed by atoms with Crippen LogP contribution in [0, 0.1) is 10.8 Å². The zero-order valence-electron chi connectivity index (χ0n) is 13.2.